The Morgan fingerprint density at radius 2 is 2.04 bits per heavy atom. The van der Waals surface area contributed by atoms with Gasteiger partial charge in [0.1, 0.15) is 18.1 Å². The highest BCUT2D eigenvalue weighted by atomic mass is 32.1. The SMILES string of the molecule is COCCOc1ccccc1C(=O)NC(=S)NCc1ccco1. The van der Waals surface area contributed by atoms with E-state index in [2.05, 4.69) is 10.6 Å². The zero-order valence-corrected chi connectivity index (χ0v) is 13.5. The fourth-order valence-corrected chi connectivity index (χ4v) is 1.98. The first kappa shape index (κ1) is 17.0. The van der Waals surface area contributed by atoms with Gasteiger partial charge in [-0.2, -0.15) is 0 Å². The van der Waals surface area contributed by atoms with Gasteiger partial charge in [0.05, 0.1) is 25.0 Å². The Bertz CT molecular complexity index is 643. The van der Waals surface area contributed by atoms with Crippen molar-refractivity contribution in [3.8, 4) is 5.75 Å². The van der Waals surface area contributed by atoms with Crippen molar-refractivity contribution < 1.29 is 18.7 Å². The Morgan fingerprint density at radius 3 is 2.78 bits per heavy atom. The molecule has 1 heterocycles. The molecule has 0 saturated carbocycles. The Morgan fingerprint density at radius 1 is 1.22 bits per heavy atom. The third-order valence-electron chi connectivity index (χ3n) is 2.91. The molecule has 0 aliphatic heterocycles. The largest absolute Gasteiger partial charge is 0.490 e. The van der Waals surface area contributed by atoms with Crippen molar-refractivity contribution in [3.63, 3.8) is 0 Å². The molecule has 2 N–H and O–H groups in total. The molecule has 0 spiro atoms. The number of ether oxygens (including phenoxy) is 2. The normalized spacial score (nSPS) is 10.1. The molecule has 0 radical (unpaired) electrons. The van der Waals surface area contributed by atoms with Crippen molar-refractivity contribution in [2.45, 2.75) is 6.54 Å². The van der Waals surface area contributed by atoms with Gasteiger partial charge in [-0.25, -0.2) is 0 Å². The molecular formula is C16H18N2O4S. The van der Waals surface area contributed by atoms with E-state index in [1.165, 1.54) is 0 Å². The summed E-state index contributed by atoms with van der Waals surface area (Å²) in [5, 5.41) is 5.74. The minimum atomic E-state index is -0.338. The lowest BCUT2D eigenvalue weighted by Gasteiger charge is -2.12. The lowest BCUT2D eigenvalue weighted by atomic mass is 10.2. The molecule has 2 aromatic rings. The number of hydrogen-bond acceptors (Lipinski definition) is 5. The molecule has 0 aliphatic carbocycles. The van der Waals surface area contributed by atoms with Crippen LogP contribution in [0.2, 0.25) is 0 Å². The maximum Gasteiger partial charge on any atom is 0.261 e. The first-order valence-corrected chi connectivity index (χ1v) is 7.44. The van der Waals surface area contributed by atoms with Crippen molar-refractivity contribution in [3.05, 3.63) is 54.0 Å². The van der Waals surface area contributed by atoms with Crippen LogP contribution in [-0.2, 0) is 11.3 Å². The number of carbonyl (C=O) groups excluding carboxylic acids is 1. The van der Waals surface area contributed by atoms with Gasteiger partial charge in [-0.15, -0.1) is 0 Å². The second kappa shape index (κ2) is 8.92. The lowest BCUT2D eigenvalue weighted by molar-refractivity contribution is 0.0968. The van der Waals surface area contributed by atoms with E-state index in [9.17, 15) is 4.79 Å². The predicted octanol–water partition coefficient (Wildman–Crippen LogP) is 2.11. The molecule has 1 amide bonds. The second-order valence-corrected chi connectivity index (χ2v) is 4.96. The summed E-state index contributed by atoms with van der Waals surface area (Å²) in [5.41, 5.74) is 0.408. The molecule has 1 aromatic carbocycles. The molecule has 0 saturated heterocycles. The number of methoxy groups -OCH3 is 1. The highest BCUT2D eigenvalue weighted by Crippen LogP contribution is 2.17. The highest BCUT2D eigenvalue weighted by Gasteiger charge is 2.13. The Balaban J connectivity index is 1.90. The van der Waals surface area contributed by atoms with Crippen molar-refractivity contribution in [1.82, 2.24) is 10.6 Å². The molecule has 0 aliphatic rings. The molecule has 0 fully saturated rings. The summed E-state index contributed by atoms with van der Waals surface area (Å²) in [7, 11) is 1.59. The van der Waals surface area contributed by atoms with Crippen LogP contribution >= 0.6 is 12.2 Å². The number of benzene rings is 1. The molecule has 1 aromatic heterocycles. The second-order valence-electron chi connectivity index (χ2n) is 4.55. The van der Waals surface area contributed by atoms with Gasteiger partial charge in [0.2, 0.25) is 0 Å². The minimum Gasteiger partial charge on any atom is -0.490 e. The Kier molecular flexibility index (Phi) is 6.58. The summed E-state index contributed by atoms with van der Waals surface area (Å²) in [4.78, 5) is 12.3. The van der Waals surface area contributed by atoms with Crippen molar-refractivity contribution in [1.29, 1.82) is 0 Å². The summed E-state index contributed by atoms with van der Waals surface area (Å²) < 4.78 is 15.6. The maximum absolute atomic E-state index is 12.3. The van der Waals surface area contributed by atoms with Crippen molar-refractivity contribution in [2.75, 3.05) is 20.3 Å². The fraction of sp³-hybridized carbons (Fsp3) is 0.250. The van der Waals surface area contributed by atoms with Gasteiger partial charge in [-0.05, 0) is 36.5 Å². The summed E-state index contributed by atoms with van der Waals surface area (Å²) >= 11 is 5.11. The molecule has 122 valence electrons. The number of thiocarbonyl (C=S) groups is 1. The van der Waals surface area contributed by atoms with Gasteiger partial charge in [0.15, 0.2) is 5.11 Å². The molecule has 0 bridgehead atoms. The van der Waals surface area contributed by atoms with Gasteiger partial charge >= 0.3 is 0 Å². The van der Waals surface area contributed by atoms with E-state index in [4.69, 9.17) is 26.1 Å². The summed E-state index contributed by atoms with van der Waals surface area (Å²) in [6, 6.07) is 10.6. The predicted molar refractivity (Wildman–Crippen MR) is 89.4 cm³/mol. The van der Waals surface area contributed by atoms with Crippen LogP contribution in [-0.4, -0.2) is 31.3 Å². The van der Waals surface area contributed by atoms with Crippen LogP contribution in [0.1, 0.15) is 16.1 Å². The zero-order valence-electron chi connectivity index (χ0n) is 12.7. The standard InChI is InChI=1S/C16H18N2O4S/c1-20-9-10-22-14-7-3-2-6-13(14)15(19)18-16(23)17-11-12-5-4-8-21-12/h2-8H,9-11H2,1H3,(H2,17,18,19,23). The molecule has 2 rings (SSSR count). The van der Waals surface area contributed by atoms with Crippen LogP contribution in [0.5, 0.6) is 5.75 Å². The van der Waals surface area contributed by atoms with Crippen LogP contribution in [0.25, 0.3) is 0 Å². The van der Waals surface area contributed by atoms with E-state index >= 15 is 0 Å². The van der Waals surface area contributed by atoms with Gasteiger partial charge in [0.25, 0.3) is 5.91 Å². The fourth-order valence-electron chi connectivity index (χ4n) is 1.81. The molecule has 7 heteroatoms. The van der Waals surface area contributed by atoms with Crippen LogP contribution in [0.15, 0.2) is 47.1 Å². The lowest BCUT2D eigenvalue weighted by Crippen LogP contribution is -2.38. The first-order valence-electron chi connectivity index (χ1n) is 7.03. The summed E-state index contributed by atoms with van der Waals surface area (Å²) in [6.45, 7) is 1.21. The van der Waals surface area contributed by atoms with E-state index in [0.717, 1.165) is 5.76 Å². The topological polar surface area (TPSA) is 72.7 Å². The number of furan rings is 1. The van der Waals surface area contributed by atoms with Crippen molar-refractivity contribution in [2.24, 2.45) is 0 Å². The molecular weight excluding hydrogens is 316 g/mol. The van der Waals surface area contributed by atoms with Crippen LogP contribution in [0.4, 0.5) is 0 Å². The summed E-state index contributed by atoms with van der Waals surface area (Å²) in [6.07, 6.45) is 1.58. The number of carbonyl (C=O) groups is 1. The minimum absolute atomic E-state index is 0.220. The van der Waals surface area contributed by atoms with E-state index in [1.54, 1.807) is 43.7 Å². The molecule has 0 unspecified atom stereocenters. The Labute approximate surface area is 139 Å². The van der Waals surface area contributed by atoms with Crippen LogP contribution < -0.4 is 15.4 Å². The zero-order chi connectivity index (χ0) is 16.5. The number of para-hydroxylation sites is 1. The Hall–Kier alpha value is -2.38. The van der Waals surface area contributed by atoms with E-state index < -0.39 is 0 Å². The third kappa shape index (κ3) is 5.39. The number of amides is 1. The van der Waals surface area contributed by atoms with Crippen LogP contribution in [0.3, 0.4) is 0 Å². The van der Waals surface area contributed by atoms with Crippen molar-refractivity contribution >= 4 is 23.2 Å². The number of rotatable bonds is 7. The van der Waals surface area contributed by atoms with Gasteiger partial charge < -0.3 is 19.2 Å². The summed E-state index contributed by atoms with van der Waals surface area (Å²) in [5.74, 6) is 0.871. The van der Waals surface area contributed by atoms with E-state index in [0.29, 0.717) is 31.1 Å². The molecule has 0 atom stereocenters. The number of hydrogen-bond donors (Lipinski definition) is 2. The van der Waals surface area contributed by atoms with Gasteiger partial charge in [-0.3, -0.25) is 10.1 Å². The van der Waals surface area contributed by atoms with Gasteiger partial charge in [-0.1, -0.05) is 12.1 Å². The smallest absolute Gasteiger partial charge is 0.261 e. The average molecular weight is 334 g/mol. The van der Waals surface area contributed by atoms with Gasteiger partial charge in [0, 0.05) is 7.11 Å². The first-order chi connectivity index (χ1) is 11.2. The monoisotopic (exact) mass is 334 g/mol. The van der Waals surface area contributed by atoms with Crippen LogP contribution in [0, 0.1) is 0 Å². The third-order valence-corrected chi connectivity index (χ3v) is 3.15. The maximum atomic E-state index is 12.3. The highest BCUT2D eigenvalue weighted by molar-refractivity contribution is 7.80. The van der Waals surface area contributed by atoms with E-state index in [-0.39, 0.29) is 11.0 Å². The quantitative estimate of drug-likeness (QED) is 0.597. The molecule has 6 nitrogen and oxygen atoms in total. The number of nitrogens with one attached hydrogen (secondary N) is 2. The molecule has 23 heavy (non-hydrogen) atoms. The average Bonchev–Trinajstić information content (AvgIpc) is 3.07. The van der Waals surface area contributed by atoms with E-state index in [1.807, 2.05) is 6.07 Å².